The lowest BCUT2D eigenvalue weighted by molar-refractivity contribution is -0.0739. The van der Waals surface area contributed by atoms with E-state index < -0.39 is 19.5 Å². The Labute approximate surface area is 200 Å². The van der Waals surface area contributed by atoms with Gasteiger partial charge in [0.2, 0.25) is 0 Å². The highest BCUT2D eigenvalue weighted by Gasteiger charge is 2.44. The Balaban J connectivity index is 2.19. The summed E-state index contributed by atoms with van der Waals surface area (Å²) in [5.41, 5.74) is 0.294. The summed E-state index contributed by atoms with van der Waals surface area (Å²) in [4.78, 5) is 14.2. The van der Waals surface area contributed by atoms with E-state index in [1.54, 1.807) is 4.90 Å². The summed E-state index contributed by atoms with van der Waals surface area (Å²) in [5, 5.41) is 12.5. The number of carbonyl (C=O) groups is 1. The van der Waals surface area contributed by atoms with Crippen molar-refractivity contribution < 1.29 is 19.1 Å². The van der Waals surface area contributed by atoms with Gasteiger partial charge in [-0.25, -0.2) is 4.79 Å². The lowest BCUT2D eigenvalue weighted by Gasteiger charge is -2.44. The van der Waals surface area contributed by atoms with Crippen molar-refractivity contribution in [2.45, 2.75) is 90.6 Å². The molecule has 1 amide bonds. The summed E-state index contributed by atoms with van der Waals surface area (Å²) < 4.78 is 11.9. The van der Waals surface area contributed by atoms with Crippen molar-refractivity contribution in [1.82, 2.24) is 4.90 Å². The second kappa shape index (κ2) is 9.65. The van der Waals surface area contributed by atoms with Gasteiger partial charge in [0.1, 0.15) is 5.60 Å². The maximum Gasteiger partial charge on any atom is 0.410 e. The molecule has 2 rings (SSSR count). The van der Waals surface area contributed by atoms with Gasteiger partial charge in [0, 0.05) is 30.6 Å². The number of benzene rings is 1. The first-order valence-electron chi connectivity index (χ1n) is 11.6. The predicted molar refractivity (Wildman–Crippen MR) is 134 cm³/mol. The fourth-order valence-corrected chi connectivity index (χ4v) is 5.04. The Hall–Kier alpha value is -1.08. The Morgan fingerprint density at radius 2 is 1.88 bits per heavy atom. The summed E-state index contributed by atoms with van der Waals surface area (Å²) in [5.74, 6) is -0.165. The average molecular weight is 484 g/mol. The molecule has 0 bridgehead atoms. The van der Waals surface area contributed by atoms with Crippen LogP contribution in [0, 0.1) is 5.92 Å². The van der Waals surface area contributed by atoms with Gasteiger partial charge in [0.05, 0.1) is 5.60 Å². The maximum absolute atomic E-state index is 12.5. The molecule has 7 heteroatoms. The number of ether oxygens (including phenoxy) is 1. The molecule has 2 atom stereocenters. The van der Waals surface area contributed by atoms with Crippen molar-refractivity contribution in [2.24, 2.45) is 5.92 Å². The highest BCUT2D eigenvalue weighted by atomic mass is 35.5. The summed E-state index contributed by atoms with van der Waals surface area (Å²) in [6.45, 7) is 20.2. The number of rotatable bonds is 5. The number of likely N-dealkylation sites (tertiary alicyclic amines) is 1. The smallest absolute Gasteiger partial charge is 0.410 e. The van der Waals surface area contributed by atoms with E-state index in [4.69, 9.17) is 20.8 Å². The number of carbonyl (C=O) groups excluding carboxylic acids is 1. The largest absolute Gasteiger partial charge is 0.444 e. The SMILES string of the molecule is CC1CN(C(=O)OC(C)(C)C)CCC1(O)c1cc(Cl)ccc1CCO[Si](C)(C)C(C)(C)C. The van der Waals surface area contributed by atoms with Crippen LogP contribution in [-0.2, 0) is 21.2 Å². The fraction of sp³-hybridized carbons (Fsp3) is 0.720. The highest BCUT2D eigenvalue weighted by Crippen LogP contribution is 2.41. The Bertz CT molecular complexity index is 815. The third kappa shape index (κ3) is 6.49. The average Bonchev–Trinajstić information content (AvgIpc) is 2.62. The second-order valence-electron chi connectivity index (χ2n) is 11.7. The number of aliphatic hydroxyl groups is 1. The van der Waals surface area contributed by atoms with E-state index in [-0.39, 0.29) is 17.0 Å². The van der Waals surface area contributed by atoms with Gasteiger partial charge in [0.25, 0.3) is 0 Å². The first kappa shape index (κ1) is 27.2. The van der Waals surface area contributed by atoms with Crippen LogP contribution in [0.25, 0.3) is 0 Å². The zero-order valence-corrected chi connectivity index (χ0v) is 23.1. The summed E-state index contributed by atoms with van der Waals surface area (Å²) in [6, 6.07) is 5.75. The molecule has 0 saturated carbocycles. The maximum atomic E-state index is 12.5. The minimum absolute atomic E-state index is 0.150. The molecule has 2 unspecified atom stereocenters. The van der Waals surface area contributed by atoms with Gasteiger partial charge in [-0.3, -0.25) is 0 Å². The van der Waals surface area contributed by atoms with Crippen LogP contribution in [0.5, 0.6) is 0 Å². The molecule has 32 heavy (non-hydrogen) atoms. The summed E-state index contributed by atoms with van der Waals surface area (Å²) >= 11 is 6.34. The topological polar surface area (TPSA) is 59.0 Å². The minimum Gasteiger partial charge on any atom is -0.444 e. The van der Waals surface area contributed by atoms with Crippen molar-refractivity contribution in [2.75, 3.05) is 19.7 Å². The van der Waals surface area contributed by atoms with Crippen molar-refractivity contribution in [3.8, 4) is 0 Å². The van der Waals surface area contributed by atoms with Crippen LogP contribution in [0.3, 0.4) is 0 Å². The first-order chi connectivity index (χ1) is 14.5. The molecule has 1 fully saturated rings. The van der Waals surface area contributed by atoms with Crippen LogP contribution in [0.2, 0.25) is 23.2 Å². The van der Waals surface area contributed by atoms with Gasteiger partial charge in [-0.1, -0.05) is 45.4 Å². The zero-order chi connectivity index (χ0) is 24.5. The number of hydrogen-bond donors (Lipinski definition) is 1. The van der Waals surface area contributed by atoms with Crippen LogP contribution in [0.1, 0.15) is 66.0 Å². The van der Waals surface area contributed by atoms with Crippen molar-refractivity contribution in [3.63, 3.8) is 0 Å². The van der Waals surface area contributed by atoms with Crippen LogP contribution < -0.4 is 0 Å². The summed E-state index contributed by atoms with van der Waals surface area (Å²) in [7, 11) is -1.85. The standard InChI is InChI=1S/C25H42ClNO4Si/c1-18-17-27(22(28)31-23(2,3)4)14-13-25(18,29)21-16-20(26)11-10-19(21)12-15-30-32(8,9)24(5,6)7/h10-11,16,18,29H,12-15,17H2,1-9H3. The van der Waals surface area contributed by atoms with Gasteiger partial charge in [-0.15, -0.1) is 0 Å². The predicted octanol–water partition coefficient (Wildman–Crippen LogP) is 6.37. The molecule has 0 radical (unpaired) electrons. The number of piperidine rings is 1. The van der Waals surface area contributed by atoms with Crippen LogP contribution in [0.4, 0.5) is 4.79 Å². The zero-order valence-electron chi connectivity index (χ0n) is 21.3. The normalized spacial score (nSPS) is 22.7. The monoisotopic (exact) mass is 483 g/mol. The lowest BCUT2D eigenvalue weighted by atomic mass is 9.75. The fourth-order valence-electron chi connectivity index (χ4n) is 3.82. The first-order valence-corrected chi connectivity index (χ1v) is 14.9. The lowest BCUT2D eigenvalue weighted by Crippen LogP contribution is -2.52. The molecule has 1 aromatic rings. The van der Waals surface area contributed by atoms with Crippen LogP contribution in [-0.4, -0.2) is 49.7 Å². The van der Waals surface area contributed by atoms with Gasteiger partial charge in [-0.2, -0.15) is 0 Å². The number of amides is 1. The molecule has 1 N–H and O–H groups in total. The van der Waals surface area contributed by atoms with Gasteiger partial charge < -0.3 is 19.2 Å². The Morgan fingerprint density at radius 3 is 2.41 bits per heavy atom. The van der Waals surface area contributed by atoms with Crippen LogP contribution in [0.15, 0.2) is 18.2 Å². The van der Waals surface area contributed by atoms with Crippen molar-refractivity contribution in [1.29, 1.82) is 0 Å². The summed E-state index contributed by atoms with van der Waals surface area (Å²) in [6.07, 6.45) is 0.814. The van der Waals surface area contributed by atoms with Crippen molar-refractivity contribution >= 4 is 26.0 Å². The molecule has 1 saturated heterocycles. The minimum atomic E-state index is -1.85. The molecule has 5 nitrogen and oxygen atoms in total. The number of halogens is 1. The van der Waals surface area contributed by atoms with Gasteiger partial charge in [0.15, 0.2) is 8.32 Å². The van der Waals surface area contributed by atoms with E-state index in [0.29, 0.717) is 37.6 Å². The van der Waals surface area contributed by atoms with E-state index >= 15 is 0 Å². The van der Waals surface area contributed by atoms with E-state index in [1.165, 1.54) is 0 Å². The van der Waals surface area contributed by atoms with Crippen molar-refractivity contribution in [3.05, 3.63) is 34.3 Å². The van der Waals surface area contributed by atoms with Gasteiger partial charge in [-0.05, 0) is 75.0 Å². The number of nitrogens with zero attached hydrogens (tertiary/aromatic N) is 1. The highest BCUT2D eigenvalue weighted by molar-refractivity contribution is 6.74. The molecular formula is C25H42ClNO4Si. The molecule has 182 valence electrons. The molecule has 1 aromatic carbocycles. The van der Waals surface area contributed by atoms with E-state index in [0.717, 1.165) is 11.1 Å². The Kier molecular flexibility index (Phi) is 8.19. The van der Waals surface area contributed by atoms with E-state index in [9.17, 15) is 9.90 Å². The molecule has 1 aliphatic rings. The number of hydrogen-bond acceptors (Lipinski definition) is 4. The molecule has 1 heterocycles. The molecule has 0 aromatic heterocycles. The molecule has 0 spiro atoms. The molecule has 0 aliphatic carbocycles. The second-order valence-corrected chi connectivity index (χ2v) is 16.9. The molecule has 1 aliphatic heterocycles. The quantitative estimate of drug-likeness (QED) is 0.494. The van der Waals surface area contributed by atoms with Gasteiger partial charge >= 0.3 is 6.09 Å². The van der Waals surface area contributed by atoms with E-state index in [1.807, 2.05) is 45.9 Å². The third-order valence-electron chi connectivity index (χ3n) is 6.90. The molecular weight excluding hydrogens is 442 g/mol. The third-order valence-corrected chi connectivity index (χ3v) is 11.7. The Morgan fingerprint density at radius 1 is 1.25 bits per heavy atom. The van der Waals surface area contributed by atoms with E-state index in [2.05, 4.69) is 33.9 Å². The van der Waals surface area contributed by atoms with Crippen LogP contribution >= 0.6 is 11.6 Å².